The van der Waals surface area contributed by atoms with Gasteiger partial charge in [-0.2, -0.15) is 0 Å². The van der Waals surface area contributed by atoms with Gasteiger partial charge in [0.15, 0.2) is 5.82 Å². The molecule has 0 radical (unpaired) electrons. The van der Waals surface area contributed by atoms with E-state index in [1.165, 1.54) is 6.42 Å². The van der Waals surface area contributed by atoms with Gasteiger partial charge in [-0.05, 0) is 39.2 Å². The Morgan fingerprint density at radius 3 is 3.00 bits per heavy atom. The van der Waals surface area contributed by atoms with Gasteiger partial charge in [0.1, 0.15) is 0 Å². The number of aryl methyl sites for hydroxylation is 1. The van der Waals surface area contributed by atoms with E-state index >= 15 is 0 Å². The minimum absolute atomic E-state index is 0.0393. The fourth-order valence-electron chi connectivity index (χ4n) is 2.82. The van der Waals surface area contributed by atoms with Crippen molar-refractivity contribution in [2.24, 2.45) is 0 Å². The molecule has 0 spiro atoms. The van der Waals surface area contributed by atoms with E-state index in [1.54, 1.807) is 17.0 Å². The first-order valence-electron chi connectivity index (χ1n) is 7.80. The number of piperidine rings is 1. The SMILES string of the molecule is CCCNCC1CCCCN1c1nccn(CC)c1=O. The third-order valence-electron chi connectivity index (χ3n) is 3.94. The molecule has 5 heteroatoms. The maximum absolute atomic E-state index is 12.4. The summed E-state index contributed by atoms with van der Waals surface area (Å²) in [6.07, 6.45) is 8.17. The average molecular weight is 278 g/mol. The fraction of sp³-hybridized carbons (Fsp3) is 0.733. The van der Waals surface area contributed by atoms with Crippen molar-refractivity contribution in [2.45, 2.75) is 52.1 Å². The van der Waals surface area contributed by atoms with Crippen molar-refractivity contribution < 1.29 is 0 Å². The zero-order chi connectivity index (χ0) is 14.4. The Labute approximate surface area is 121 Å². The Morgan fingerprint density at radius 1 is 1.40 bits per heavy atom. The highest BCUT2D eigenvalue weighted by atomic mass is 16.1. The largest absolute Gasteiger partial charge is 0.348 e. The number of aromatic nitrogens is 2. The van der Waals surface area contributed by atoms with Gasteiger partial charge in [0.2, 0.25) is 0 Å². The van der Waals surface area contributed by atoms with Crippen molar-refractivity contribution in [3.63, 3.8) is 0 Å². The van der Waals surface area contributed by atoms with Crippen LogP contribution < -0.4 is 15.8 Å². The lowest BCUT2D eigenvalue weighted by molar-refractivity contribution is 0.430. The number of hydrogen-bond donors (Lipinski definition) is 1. The molecule has 2 rings (SSSR count). The molecule has 112 valence electrons. The summed E-state index contributed by atoms with van der Waals surface area (Å²) in [5.41, 5.74) is 0.0393. The Balaban J connectivity index is 2.17. The number of rotatable bonds is 6. The predicted molar refractivity (Wildman–Crippen MR) is 82.3 cm³/mol. The molecule has 0 saturated carbocycles. The maximum atomic E-state index is 12.4. The summed E-state index contributed by atoms with van der Waals surface area (Å²) in [6, 6.07) is 0.392. The molecular formula is C15H26N4O. The van der Waals surface area contributed by atoms with Gasteiger partial charge in [0, 0.05) is 38.1 Å². The lowest BCUT2D eigenvalue weighted by Gasteiger charge is -2.36. The molecule has 1 N–H and O–H groups in total. The summed E-state index contributed by atoms with van der Waals surface area (Å²) in [6.45, 7) is 7.77. The van der Waals surface area contributed by atoms with E-state index in [2.05, 4.69) is 22.1 Å². The highest BCUT2D eigenvalue weighted by molar-refractivity contribution is 5.38. The second-order valence-electron chi connectivity index (χ2n) is 5.39. The molecule has 1 aliphatic heterocycles. The Hall–Kier alpha value is -1.36. The zero-order valence-electron chi connectivity index (χ0n) is 12.6. The van der Waals surface area contributed by atoms with Crippen LogP contribution in [-0.4, -0.2) is 35.2 Å². The third kappa shape index (κ3) is 3.39. The van der Waals surface area contributed by atoms with E-state index in [0.717, 1.165) is 38.9 Å². The van der Waals surface area contributed by atoms with Gasteiger partial charge in [-0.3, -0.25) is 4.79 Å². The van der Waals surface area contributed by atoms with E-state index in [0.29, 0.717) is 18.4 Å². The topological polar surface area (TPSA) is 50.2 Å². The predicted octanol–water partition coefficient (Wildman–Crippen LogP) is 1.62. The Kier molecular flexibility index (Phi) is 5.59. The highest BCUT2D eigenvalue weighted by Gasteiger charge is 2.25. The van der Waals surface area contributed by atoms with Crippen LogP contribution in [-0.2, 0) is 6.54 Å². The molecule has 1 aromatic rings. The molecule has 1 fully saturated rings. The molecule has 1 unspecified atom stereocenters. The van der Waals surface area contributed by atoms with E-state index in [1.807, 2.05) is 6.92 Å². The molecule has 1 aliphatic rings. The van der Waals surface area contributed by atoms with Crippen LogP contribution in [0.1, 0.15) is 39.5 Å². The molecule has 0 aliphatic carbocycles. The lowest BCUT2D eigenvalue weighted by Crippen LogP contribution is -2.48. The molecule has 1 atom stereocenters. The molecule has 5 nitrogen and oxygen atoms in total. The zero-order valence-corrected chi connectivity index (χ0v) is 12.6. The molecule has 0 bridgehead atoms. The quantitative estimate of drug-likeness (QED) is 0.803. The second-order valence-corrected chi connectivity index (χ2v) is 5.39. The summed E-state index contributed by atoms with van der Waals surface area (Å²) in [5.74, 6) is 0.623. The van der Waals surface area contributed by atoms with Gasteiger partial charge in [0.25, 0.3) is 5.56 Å². The van der Waals surface area contributed by atoms with Gasteiger partial charge in [-0.25, -0.2) is 4.98 Å². The standard InChI is InChI=1S/C15H26N4O/c1-3-8-16-12-13-7-5-6-10-19(13)14-15(20)18(4-2)11-9-17-14/h9,11,13,16H,3-8,10,12H2,1-2H3. The van der Waals surface area contributed by atoms with Crippen LogP contribution in [0.25, 0.3) is 0 Å². The van der Waals surface area contributed by atoms with Crippen LogP contribution in [0.15, 0.2) is 17.2 Å². The van der Waals surface area contributed by atoms with Gasteiger partial charge < -0.3 is 14.8 Å². The summed E-state index contributed by atoms with van der Waals surface area (Å²) in [7, 11) is 0. The Bertz CT molecular complexity index is 471. The monoisotopic (exact) mass is 278 g/mol. The molecule has 0 aromatic carbocycles. The smallest absolute Gasteiger partial charge is 0.293 e. The van der Waals surface area contributed by atoms with Crippen molar-refractivity contribution in [1.82, 2.24) is 14.9 Å². The van der Waals surface area contributed by atoms with Crippen molar-refractivity contribution in [1.29, 1.82) is 0 Å². The molecule has 0 amide bonds. The van der Waals surface area contributed by atoms with Crippen molar-refractivity contribution in [2.75, 3.05) is 24.5 Å². The molecule has 1 aromatic heterocycles. The first-order valence-corrected chi connectivity index (χ1v) is 7.80. The van der Waals surface area contributed by atoms with Crippen LogP contribution in [0, 0.1) is 0 Å². The van der Waals surface area contributed by atoms with Crippen LogP contribution in [0.5, 0.6) is 0 Å². The highest BCUT2D eigenvalue weighted by Crippen LogP contribution is 2.20. The number of hydrogen-bond acceptors (Lipinski definition) is 4. The van der Waals surface area contributed by atoms with Gasteiger partial charge in [-0.1, -0.05) is 6.92 Å². The van der Waals surface area contributed by atoms with Gasteiger partial charge in [0.05, 0.1) is 0 Å². The van der Waals surface area contributed by atoms with Gasteiger partial charge in [-0.15, -0.1) is 0 Å². The van der Waals surface area contributed by atoms with E-state index in [9.17, 15) is 4.79 Å². The second kappa shape index (κ2) is 7.43. The van der Waals surface area contributed by atoms with Crippen LogP contribution in [0.2, 0.25) is 0 Å². The molecule has 2 heterocycles. The number of nitrogens with one attached hydrogen (secondary N) is 1. The minimum Gasteiger partial charge on any atom is -0.348 e. The van der Waals surface area contributed by atoms with E-state index in [-0.39, 0.29) is 5.56 Å². The third-order valence-corrected chi connectivity index (χ3v) is 3.94. The molecule has 1 saturated heterocycles. The van der Waals surface area contributed by atoms with E-state index < -0.39 is 0 Å². The van der Waals surface area contributed by atoms with Crippen LogP contribution >= 0.6 is 0 Å². The van der Waals surface area contributed by atoms with E-state index in [4.69, 9.17) is 0 Å². The van der Waals surface area contributed by atoms with Gasteiger partial charge >= 0.3 is 0 Å². The summed E-state index contributed by atoms with van der Waals surface area (Å²) < 4.78 is 1.73. The number of nitrogens with zero attached hydrogens (tertiary/aromatic N) is 3. The molecular weight excluding hydrogens is 252 g/mol. The average Bonchev–Trinajstić information content (AvgIpc) is 2.48. The summed E-state index contributed by atoms with van der Waals surface area (Å²) in [5, 5.41) is 3.47. The van der Waals surface area contributed by atoms with Crippen molar-refractivity contribution >= 4 is 5.82 Å². The Morgan fingerprint density at radius 2 is 2.25 bits per heavy atom. The number of anilines is 1. The van der Waals surface area contributed by atoms with Crippen molar-refractivity contribution in [3.05, 3.63) is 22.7 Å². The lowest BCUT2D eigenvalue weighted by atomic mass is 10.0. The first kappa shape index (κ1) is 15.0. The first-order chi connectivity index (χ1) is 9.77. The normalized spacial score (nSPS) is 19.3. The summed E-state index contributed by atoms with van der Waals surface area (Å²) >= 11 is 0. The molecule has 20 heavy (non-hydrogen) atoms. The van der Waals surface area contributed by atoms with Crippen LogP contribution in [0.3, 0.4) is 0 Å². The minimum atomic E-state index is 0.0393. The van der Waals surface area contributed by atoms with Crippen molar-refractivity contribution in [3.8, 4) is 0 Å². The fourth-order valence-corrected chi connectivity index (χ4v) is 2.82. The van der Waals surface area contributed by atoms with Crippen LogP contribution in [0.4, 0.5) is 5.82 Å². The maximum Gasteiger partial charge on any atom is 0.293 e. The summed E-state index contributed by atoms with van der Waals surface area (Å²) in [4.78, 5) is 19.0.